The Bertz CT molecular complexity index is 316. The Labute approximate surface area is 98.9 Å². The molecule has 0 spiro atoms. The number of carboxylic acid groups (broad SMARTS) is 1. The van der Waals surface area contributed by atoms with Crippen molar-refractivity contribution in [1.29, 1.82) is 0 Å². The maximum Gasteiger partial charge on any atom is 0.320 e. The minimum Gasteiger partial charge on any atom is -0.480 e. The molecule has 1 rings (SSSR count). The number of aromatic nitrogens is 3. The van der Waals surface area contributed by atoms with Crippen LogP contribution in [0, 0.1) is 0 Å². The summed E-state index contributed by atoms with van der Waals surface area (Å²) < 4.78 is 1.82. The van der Waals surface area contributed by atoms with Gasteiger partial charge in [-0.05, 0) is 15.9 Å². The fraction of sp³-hybridized carbons (Fsp3) is 0.400. The van der Waals surface area contributed by atoms with Crippen molar-refractivity contribution in [3.63, 3.8) is 0 Å². The van der Waals surface area contributed by atoms with E-state index in [1.54, 1.807) is 0 Å². The van der Waals surface area contributed by atoms with Crippen LogP contribution in [0.5, 0.6) is 0 Å². The first-order chi connectivity index (χ1) is 6.02. The maximum absolute atomic E-state index is 10.6. The Morgan fingerprint density at radius 1 is 1.62 bits per heavy atom. The van der Waals surface area contributed by atoms with Gasteiger partial charge in [0.25, 0.3) is 0 Å². The van der Waals surface area contributed by atoms with Crippen LogP contribution >= 0.6 is 47.8 Å². The molecule has 1 N–H and O–H groups in total. The summed E-state index contributed by atoms with van der Waals surface area (Å²) in [5.41, 5.74) is 0. The Morgan fingerprint density at radius 2 is 2.23 bits per heavy atom. The van der Waals surface area contributed by atoms with E-state index in [1.807, 2.05) is 0 Å². The van der Waals surface area contributed by atoms with Crippen LogP contribution in [0.3, 0.4) is 0 Å². The van der Waals surface area contributed by atoms with E-state index in [2.05, 4.69) is 57.9 Å². The molecule has 1 heterocycles. The van der Waals surface area contributed by atoms with Gasteiger partial charge in [0.15, 0.2) is 0 Å². The van der Waals surface area contributed by atoms with Crippen LogP contribution < -0.4 is 0 Å². The van der Waals surface area contributed by atoms with Crippen LogP contribution in [0.4, 0.5) is 0 Å². The van der Waals surface area contributed by atoms with E-state index in [-0.39, 0.29) is 0 Å². The van der Waals surface area contributed by atoms with E-state index >= 15 is 0 Å². The lowest BCUT2D eigenvalue weighted by molar-refractivity contribution is -0.136. The molecular weight excluding hydrogens is 374 g/mol. The first-order valence-corrected chi connectivity index (χ1v) is 5.72. The minimum absolute atomic E-state index is 0.419. The summed E-state index contributed by atoms with van der Waals surface area (Å²) >= 11 is 9.24. The van der Waals surface area contributed by atoms with Crippen LogP contribution in [0.1, 0.15) is 4.95 Å². The number of hydrogen-bond acceptors (Lipinski definition) is 3. The SMILES string of the molecule is O=C(O)C(Br)C(Br)n1cnc(Br)n1. The topological polar surface area (TPSA) is 68.0 Å². The zero-order chi connectivity index (χ0) is 10.0. The Hall–Kier alpha value is 0.0500. The number of halogens is 3. The van der Waals surface area contributed by atoms with Crippen LogP contribution in [0.25, 0.3) is 0 Å². The Balaban J connectivity index is 2.78. The van der Waals surface area contributed by atoms with Gasteiger partial charge in [-0.2, -0.15) is 0 Å². The maximum atomic E-state index is 10.6. The largest absolute Gasteiger partial charge is 0.480 e. The number of nitrogens with zero attached hydrogens (tertiary/aromatic N) is 3. The lowest BCUT2D eigenvalue weighted by atomic mass is 10.4. The fourth-order valence-corrected chi connectivity index (χ4v) is 1.56. The fourth-order valence-electron chi connectivity index (χ4n) is 0.624. The van der Waals surface area contributed by atoms with Crippen molar-refractivity contribution in [2.24, 2.45) is 0 Å². The number of carboxylic acids is 1. The quantitative estimate of drug-likeness (QED) is 0.815. The summed E-state index contributed by atoms with van der Waals surface area (Å²) in [6.07, 6.45) is 1.43. The molecule has 2 atom stereocenters. The third-order valence-corrected chi connectivity index (χ3v) is 4.12. The molecule has 8 heteroatoms. The van der Waals surface area contributed by atoms with Crippen molar-refractivity contribution in [2.75, 3.05) is 0 Å². The highest BCUT2D eigenvalue weighted by molar-refractivity contribution is 9.12. The standard InChI is InChI=1S/C5H4Br3N3O2/c6-2(4(12)13)3(7)11-1-9-5(8)10-11/h1-3H,(H,12,13). The van der Waals surface area contributed by atoms with Gasteiger partial charge in [0, 0.05) is 0 Å². The molecule has 0 fully saturated rings. The summed E-state index contributed by atoms with van der Waals surface area (Å²) in [7, 11) is 0. The van der Waals surface area contributed by atoms with E-state index in [4.69, 9.17) is 5.11 Å². The van der Waals surface area contributed by atoms with Gasteiger partial charge in [0.2, 0.25) is 4.73 Å². The smallest absolute Gasteiger partial charge is 0.320 e. The molecule has 0 aliphatic carbocycles. The molecule has 1 aromatic heterocycles. The summed E-state index contributed by atoms with van der Waals surface area (Å²) in [4.78, 5) is 13.2. The van der Waals surface area contributed by atoms with Gasteiger partial charge in [-0.3, -0.25) is 4.79 Å². The first kappa shape index (κ1) is 11.1. The summed E-state index contributed by atoms with van der Waals surface area (Å²) in [5.74, 6) is -0.964. The molecule has 0 bridgehead atoms. The zero-order valence-corrected chi connectivity index (χ0v) is 10.8. The number of hydrogen-bond donors (Lipinski definition) is 1. The van der Waals surface area contributed by atoms with Gasteiger partial charge < -0.3 is 5.11 Å². The van der Waals surface area contributed by atoms with E-state index in [0.717, 1.165) is 0 Å². The molecule has 0 saturated heterocycles. The van der Waals surface area contributed by atoms with Gasteiger partial charge in [-0.1, -0.05) is 31.9 Å². The van der Waals surface area contributed by atoms with Crippen molar-refractivity contribution in [3.8, 4) is 0 Å². The molecule has 0 aromatic carbocycles. The molecule has 0 aliphatic heterocycles. The van der Waals surface area contributed by atoms with Gasteiger partial charge in [-0.25, -0.2) is 9.67 Å². The summed E-state index contributed by atoms with van der Waals surface area (Å²) in [6.45, 7) is 0. The predicted molar refractivity (Wildman–Crippen MR) is 56.0 cm³/mol. The number of aliphatic carboxylic acids is 1. The van der Waals surface area contributed by atoms with E-state index in [9.17, 15) is 4.79 Å². The van der Waals surface area contributed by atoms with Crippen LogP contribution in [0.15, 0.2) is 11.1 Å². The molecular formula is C5H4Br3N3O2. The van der Waals surface area contributed by atoms with Gasteiger partial charge in [0.05, 0.1) is 0 Å². The molecule has 0 amide bonds. The van der Waals surface area contributed by atoms with E-state index in [0.29, 0.717) is 4.73 Å². The van der Waals surface area contributed by atoms with Crippen molar-refractivity contribution < 1.29 is 9.90 Å². The second-order valence-electron chi connectivity index (χ2n) is 2.11. The number of carbonyl (C=O) groups is 1. The van der Waals surface area contributed by atoms with Crippen LogP contribution in [-0.2, 0) is 4.79 Å². The molecule has 2 unspecified atom stereocenters. The minimum atomic E-state index is -0.964. The summed E-state index contributed by atoms with van der Waals surface area (Å²) in [6, 6.07) is 0. The second-order valence-corrected chi connectivity index (χ2v) is 4.74. The lowest BCUT2D eigenvalue weighted by Crippen LogP contribution is -2.22. The molecule has 1 aromatic rings. The van der Waals surface area contributed by atoms with Crippen LogP contribution in [-0.4, -0.2) is 30.7 Å². The predicted octanol–water partition coefficient (Wildman–Crippen LogP) is 1.78. The van der Waals surface area contributed by atoms with Gasteiger partial charge in [0.1, 0.15) is 16.1 Å². The van der Waals surface area contributed by atoms with Crippen molar-refractivity contribution >= 4 is 53.8 Å². The Morgan fingerprint density at radius 3 is 2.62 bits per heavy atom. The second kappa shape index (κ2) is 4.52. The normalized spacial score (nSPS) is 15.3. The molecule has 5 nitrogen and oxygen atoms in total. The molecule has 0 aliphatic rings. The third-order valence-electron chi connectivity index (χ3n) is 1.21. The van der Waals surface area contributed by atoms with E-state index < -0.39 is 15.7 Å². The monoisotopic (exact) mass is 375 g/mol. The summed E-state index contributed by atoms with van der Waals surface area (Å²) in [5, 5.41) is 12.6. The number of alkyl halides is 2. The van der Waals surface area contributed by atoms with Gasteiger partial charge in [-0.15, -0.1) is 5.10 Å². The van der Waals surface area contributed by atoms with Crippen molar-refractivity contribution in [1.82, 2.24) is 14.8 Å². The zero-order valence-electron chi connectivity index (χ0n) is 6.06. The Kier molecular flexibility index (Phi) is 3.87. The van der Waals surface area contributed by atoms with Crippen molar-refractivity contribution in [3.05, 3.63) is 11.1 Å². The highest BCUT2D eigenvalue weighted by Gasteiger charge is 2.25. The molecule has 72 valence electrons. The van der Waals surface area contributed by atoms with Gasteiger partial charge >= 0.3 is 5.97 Å². The lowest BCUT2D eigenvalue weighted by Gasteiger charge is -2.11. The van der Waals surface area contributed by atoms with Crippen molar-refractivity contribution in [2.45, 2.75) is 9.78 Å². The third kappa shape index (κ3) is 2.75. The molecule has 0 saturated carbocycles. The highest BCUT2D eigenvalue weighted by Crippen LogP contribution is 2.25. The first-order valence-electron chi connectivity index (χ1n) is 3.10. The molecule has 13 heavy (non-hydrogen) atoms. The van der Waals surface area contributed by atoms with E-state index in [1.165, 1.54) is 11.0 Å². The number of rotatable bonds is 3. The highest BCUT2D eigenvalue weighted by atomic mass is 79.9. The average Bonchev–Trinajstić information content (AvgIpc) is 2.49. The molecule has 0 radical (unpaired) electrons. The van der Waals surface area contributed by atoms with Crippen LogP contribution in [0.2, 0.25) is 0 Å². The average molecular weight is 378 g/mol.